The van der Waals surface area contributed by atoms with E-state index in [1.54, 1.807) is 0 Å². The summed E-state index contributed by atoms with van der Waals surface area (Å²) in [6.45, 7) is 1.93. The maximum Gasteiger partial charge on any atom is 0.410 e. The van der Waals surface area contributed by atoms with Crippen molar-refractivity contribution in [1.82, 2.24) is 0 Å². The van der Waals surface area contributed by atoms with Crippen LogP contribution in [0.5, 0.6) is 0 Å². The minimum Gasteiger partial charge on any atom is -0.280 e. The molecule has 0 saturated heterocycles. The predicted octanol–water partition coefficient (Wildman–Crippen LogP) is 5.14. The fourth-order valence-corrected chi connectivity index (χ4v) is 2.01. The molecular weight excluding hydrogens is 301 g/mol. The Morgan fingerprint density at radius 2 is 2.10 bits per heavy atom. The third-order valence-corrected chi connectivity index (χ3v) is 3.31. The number of nitrogens with zero attached hydrogens (tertiary/aromatic N) is 2. The third-order valence-electron chi connectivity index (χ3n) is 2.98. The van der Waals surface area contributed by atoms with Gasteiger partial charge in [-0.15, -0.1) is 0 Å². The normalized spacial score (nSPS) is 13.3. The molecule has 0 aromatic heterocycles. The molecule has 0 aliphatic heterocycles. The lowest BCUT2D eigenvalue weighted by molar-refractivity contribution is -0.148. The van der Waals surface area contributed by atoms with Crippen LogP contribution in [0.3, 0.4) is 0 Å². The van der Waals surface area contributed by atoms with E-state index in [0.29, 0.717) is 17.5 Å². The smallest absolute Gasteiger partial charge is 0.280 e. The van der Waals surface area contributed by atoms with Gasteiger partial charge < -0.3 is 0 Å². The molecule has 6 heteroatoms. The minimum absolute atomic E-state index is 0.0261. The van der Waals surface area contributed by atoms with Crippen molar-refractivity contribution in [3.8, 4) is 6.07 Å². The summed E-state index contributed by atoms with van der Waals surface area (Å²) in [5, 5.41) is 8.92. The van der Waals surface area contributed by atoms with E-state index in [9.17, 15) is 13.2 Å². The summed E-state index contributed by atoms with van der Waals surface area (Å²) in [7, 11) is 0. The summed E-state index contributed by atoms with van der Waals surface area (Å²) in [4.78, 5) is 3.64. The number of halogens is 4. The molecule has 1 rings (SSSR count). The van der Waals surface area contributed by atoms with Crippen LogP contribution in [-0.2, 0) is 0 Å². The Bertz CT molecular complexity index is 533. The first kappa shape index (κ1) is 17.5. The molecule has 2 nitrogen and oxygen atoms in total. The quantitative estimate of drug-likeness (QED) is 0.528. The summed E-state index contributed by atoms with van der Waals surface area (Å²) in [5.41, 5.74) is 0.730. The molecule has 0 heterocycles. The Morgan fingerprint density at radius 3 is 2.62 bits per heavy atom. The second-order valence-electron chi connectivity index (χ2n) is 4.68. The van der Waals surface area contributed by atoms with E-state index in [4.69, 9.17) is 16.9 Å². The van der Waals surface area contributed by atoms with E-state index >= 15 is 0 Å². The number of nitriles is 1. The minimum atomic E-state index is -4.36. The molecule has 0 spiro atoms. The lowest BCUT2D eigenvalue weighted by atomic mass is 10.1. The Morgan fingerprint density at radius 1 is 1.38 bits per heavy atom. The number of unbranched alkanes of at least 4 members (excludes halogenated alkanes) is 2. The number of benzene rings is 1. The zero-order valence-corrected chi connectivity index (χ0v) is 12.4. The molecule has 0 amide bonds. The molecule has 0 aliphatic carbocycles. The van der Waals surface area contributed by atoms with Crippen molar-refractivity contribution >= 4 is 17.8 Å². The predicted molar refractivity (Wildman–Crippen MR) is 77.7 cm³/mol. The molecular formula is C15H16ClF3N2. The molecule has 1 atom stereocenters. The molecule has 0 saturated carbocycles. The lowest BCUT2D eigenvalue weighted by Gasteiger charge is -2.16. The zero-order valence-electron chi connectivity index (χ0n) is 11.6. The Balaban J connectivity index is 2.85. The van der Waals surface area contributed by atoms with Gasteiger partial charge >= 0.3 is 6.18 Å². The van der Waals surface area contributed by atoms with Gasteiger partial charge in [0.15, 0.2) is 0 Å². The highest BCUT2D eigenvalue weighted by Gasteiger charge is 2.38. The summed E-state index contributed by atoms with van der Waals surface area (Å²) in [6, 6.07) is 4.59. The highest BCUT2D eigenvalue weighted by Crippen LogP contribution is 2.27. The molecule has 1 unspecified atom stereocenters. The van der Waals surface area contributed by atoms with Gasteiger partial charge in [-0.2, -0.15) is 18.4 Å². The number of rotatable bonds is 6. The number of aliphatic imine (C=N–C) groups is 1. The van der Waals surface area contributed by atoms with E-state index < -0.39 is 12.2 Å². The van der Waals surface area contributed by atoms with Crippen molar-refractivity contribution in [2.45, 2.75) is 44.8 Å². The van der Waals surface area contributed by atoms with Crippen LogP contribution in [0.2, 0.25) is 5.02 Å². The van der Waals surface area contributed by atoms with Crippen LogP contribution < -0.4 is 0 Å². The average Bonchev–Trinajstić information content (AvgIpc) is 2.42. The molecule has 114 valence electrons. The molecule has 0 radical (unpaired) electrons. The van der Waals surface area contributed by atoms with E-state index in [-0.39, 0.29) is 11.4 Å². The van der Waals surface area contributed by atoms with Gasteiger partial charge in [0.25, 0.3) is 0 Å². The van der Waals surface area contributed by atoms with Gasteiger partial charge in [0.1, 0.15) is 6.04 Å². The highest BCUT2D eigenvalue weighted by atomic mass is 35.5. The van der Waals surface area contributed by atoms with Crippen LogP contribution in [0, 0.1) is 11.3 Å². The molecule has 1 aromatic rings. The van der Waals surface area contributed by atoms with Crippen molar-refractivity contribution in [2.75, 3.05) is 0 Å². The monoisotopic (exact) mass is 316 g/mol. The maximum absolute atomic E-state index is 12.9. The van der Waals surface area contributed by atoms with Gasteiger partial charge in [0.05, 0.1) is 16.7 Å². The zero-order chi connectivity index (χ0) is 15.9. The van der Waals surface area contributed by atoms with Crippen LogP contribution in [0.25, 0.3) is 0 Å². The Kier molecular flexibility index (Phi) is 6.70. The molecule has 0 aliphatic rings. The van der Waals surface area contributed by atoms with Crippen LogP contribution in [0.4, 0.5) is 13.2 Å². The van der Waals surface area contributed by atoms with Crippen molar-refractivity contribution in [1.29, 1.82) is 5.26 Å². The van der Waals surface area contributed by atoms with Gasteiger partial charge in [-0.05, 0) is 18.6 Å². The van der Waals surface area contributed by atoms with Crippen molar-refractivity contribution in [3.63, 3.8) is 0 Å². The highest BCUT2D eigenvalue weighted by molar-refractivity contribution is 6.33. The first-order valence-electron chi connectivity index (χ1n) is 6.68. The topological polar surface area (TPSA) is 36.1 Å². The fourth-order valence-electron chi connectivity index (χ4n) is 1.78. The van der Waals surface area contributed by atoms with Crippen LogP contribution >= 0.6 is 11.6 Å². The van der Waals surface area contributed by atoms with Crippen LogP contribution in [-0.4, -0.2) is 18.4 Å². The molecule has 0 fully saturated rings. The number of hydrogen-bond donors (Lipinski definition) is 0. The Labute approximate surface area is 127 Å². The van der Waals surface area contributed by atoms with Gasteiger partial charge in [0, 0.05) is 11.8 Å². The van der Waals surface area contributed by atoms with Gasteiger partial charge in [-0.3, -0.25) is 4.99 Å². The average molecular weight is 317 g/mol. The number of alkyl halides is 3. The summed E-state index contributed by atoms with van der Waals surface area (Å²) in [5.74, 6) is 0. The second kappa shape index (κ2) is 8.04. The lowest BCUT2D eigenvalue weighted by Crippen LogP contribution is -2.27. The SMILES string of the molecule is CCCCCC(N=Cc1ccc(C#N)cc1Cl)C(F)(F)F. The molecule has 1 aromatic carbocycles. The summed E-state index contributed by atoms with van der Waals surface area (Å²) in [6.07, 6.45) is -1.16. The maximum atomic E-state index is 12.9. The van der Waals surface area contributed by atoms with Crippen molar-refractivity contribution in [2.24, 2.45) is 4.99 Å². The standard InChI is InChI=1S/C15H16ClF3N2/c1-2-3-4-5-14(15(17,18)19)21-10-12-7-6-11(9-20)8-13(12)16/h6-8,10,14H,2-5H2,1H3. The van der Waals surface area contributed by atoms with E-state index in [1.807, 2.05) is 13.0 Å². The summed E-state index contributed by atoms with van der Waals surface area (Å²) < 4.78 is 38.6. The largest absolute Gasteiger partial charge is 0.410 e. The molecule has 0 bridgehead atoms. The Hall–Kier alpha value is -1.54. The van der Waals surface area contributed by atoms with Gasteiger partial charge in [-0.1, -0.05) is 43.9 Å². The van der Waals surface area contributed by atoms with Gasteiger partial charge in [-0.25, -0.2) is 0 Å². The van der Waals surface area contributed by atoms with Crippen molar-refractivity contribution in [3.05, 3.63) is 34.3 Å². The van der Waals surface area contributed by atoms with E-state index in [2.05, 4.69) is 4.99 Å². The van der Waals surface area contributed by atoms with Gasteiger partial charge in [0.2, 0.25) is 0 Å². The first-order chi connectivity index (χ1) is 9.88. The van der Waals surface area contributed by atoms with Crippen LogP contribution in [0.15, 0.2) is 23.2 Å². The summed E-state index contributed by atoms with van der Waals surface area (Å²) >= 11 is 5.91. The van der Waals surface area contributed by atoms with Crippen LogP contribution in [0.1, 0.15) is 43.7 Å². The molecule has 21 heavy (non-hydrogen) atoms. The number of hydrogen-bond acceptors (Lipinski definition) is 2. The van der Waals surface area contributed by atoms with E-state index in [1.165, 1.54) is 18.2 Å². The second-order valence-corrected chi connectivity index (χ2v) is 5.09. The first-order valence-corrected chi connectivity index (χ1v) is 7.05. The van der Waals surface area contributed by atoms with E-state index in [0.717, 1.165) is 19.1 Å². The third kappa shape index (κ3) is 5.76. The van der Waals surface area contributed by atoms with Crippen molar-refractivity contribution < 1.29 is 13.2 Å². The fraction of sp³-hybridized carbons (Fsp3) is 0.467. The molecule has 0 N–H and O–H groups in total.